The van der Waals surface area contributed by atoms with Crippen LogP contribution in [0.2, 0.25) is 5.02 Å². The van der Waals surface area contributed by atoms with Crippen LogP contribution >= 0.6 is 11.6 Å². The van der Waals surface area contributed by atoms with Gasteiger partial charge in [-0.15, -0.1) is 0 Å². The van der Waals surface area contributed by atoms with E-state index in [2.05, 4.69) is 10.1 Å². The first-order valence-corrected chi connectivity index (χ1v) is 6.58. The largest absolute Gasteiger partial charge is 0.482 e. The van der Waals surface area contributed by atoms with E-state index < -0.39 is 0 Å². The number of aromatic nitrogens is 2. The molecule has 0 unspecified atom stereocenters. The first-order valence-electron chi connectivity index (χ1n) is 6.20. The van der Waals surface area contributed by atoms with Gasteiger partial charge in [-0.25, -0.2) is 0 Å². The van der Waals surface area contributed by atoms with E-state index in [0.717, 1.165) is 24.2 Å². The fraction of sp³-hybridized carbons (Fsp3) is 0.385. The summed E-state index contributed by atoms with van der Waals surface area (Å²) in [5, 5.41) is 4.46. The van der Waals surface area contributed by atoms with E-state index >= 15 is 0 Å². The Bertz CT molecular complexity index is 581. The van der Waals surface area contributed by atoms with Crippen molar-refractivity contribution in [2.24, 2.45) is 5.73 Å². The van der Waals surface area contributed by atoms with Crippen LogP contribution in [0.5, 0.6) is 5.75 Å². The minimum atomic E-state index is 0.205. The van der Waals surface area contributed by atoms with Crippen LogP contribution in [-0.2, 0) is 13.2 Å². The van der Waals surface area contributed by atoms with Crippen LogP contribution in [0.1, 0.15) is 36.0 Å². The van der Waals surface area contributed by atoms with Gasteiger partial charge in [-0.05, 0) is 18.9 Å². The lowest BCUT2D eigenvalue weighted by atomic mass is 10.2. The van der Waals surface area contributed by atoms with Gasteiger partial charge in [-0.3, -0.25) is 0 Å². The van der Waals surface area contributed by atoms with Crippen molar-refractivity contribution in [2.45, 2.75) is 31.9 Å². The van der Waals surface area contributed by atoms with E-state index in [1.54, 1.807) is 6.07 Å². The van der Waals surface area contributed by atoms with Gasteiger partial charge in [0.05, 0.1) is 5.02 Å². The highest BCUT2D eigenvalue weighted by molar-refractivity contribution is 6.32. The lowest BCUT2D eigenvalue weighted by Crippen LogP contribution is -2.03. The summed E-state index contributed by atoms with van der Waals surface area (Å²) in [7, 11) is 0. The van der Waals surface area contributed by atoms with Gasteiger partial charge in [0.1, 0.15) is 5.75 Å². The summed E-state index contributed by atoms with van der Waals surface area (Å²) in [5.74, 6) is 2.29. The molecule has 1 aliphatic rings. The molecular formula is C13H14ClN3O2. The van der Waals surface area contributed by atoms with E-state index in [9.17, 15) is 0 Å². The molecule has 0 amide bonds. The molecule has 2 N–H and O–H groups in total. The molecule has 0 radical (unpaired) electrons. The standard InChI is InChI=1S/C13H14ClN3O2/c14-10-3-1-2-9(6-15)12(10)18-7-11-16-13(17-19-11)8-4-5-8/h1-3,8H,4-7,15H2. The molecule has 0 aliphatic heterocycles. The van der Waals surface area contributed by atoms with Crippen LogP contribution in [0.15, 0.2) is 22.7 Å². The molecule has 5 nitrogen and oxygen atoms in total. The van der Waals surface area contributed by atoms with Crippen LogP contribution in [0, 0.1) is 0 Å². The third kappa shape index (κ3) is 2.72. The van der Waals surface area contributed by atoms with Gasteiger partial charge in [-0.2, -0.15) is 4.98 Å². The van der Waals surface area contributed by atoms with Gasteiger partial charge in [0.2, 0.25) is 0 Å². The number of hydrogen-bond acceptors (Lipinski definition) is 5. The normalized spacial score (nSPS) is 14.6. The van der Waals surface area contributed by atoms with Crippen LogP contribution in [-0.4, -0.2) is 10.1 Å². The molecule has 0 saturated heterocycles. The first-order chi connectivity index (χ1) is 9.28. The average molecular weight is 280 g/mol. The summed E-state index contributed by atoms with van der Waals surface area (Å²) in [6.07, 6.45) is 2.28. The predicted molar refractivity (Wildman–Crippen MR) is 69.9 cm³/mol. The second-order valence-electron chi connectivity index (χ2n) is 4.54. The maximum atomic E-state index is 6.09. The van der Waals surface area contributed by atoms with Crippen LogP contribution in [0.3, 0.4) is 0 Å². The zero-order valence-corrected chi connectivity index (χ0v) is 11.1. The smallest absolute Gasteiger partial charge is 0.264 e. The maximum absolute atomic E-state index is 6.09. The van der Waals surface area contributed by atoms with Gasteiger partial charge in [0.15, 0.2) is 12.4 Å². The molecule has 1 aromatic carbocycles. The Labute approximate surface area is 115 Å². The van der Waals surface area contributed by atoms with Crippen molar-refractivity contribution in [3.8, 4) is 5.75 Å². The van der Waals surface area contributed by atoms with Crippen molar-refractivity contribution in [2.75, 3.05) is 0 Å². The highest BCUT2D eigenvalue weighted by Crippen LogP contribution is 2.38. The number of benzene rings is 1. The molecule has 3 rings (SSSR count). The molecular weight excluding hydrogens is 266 g/mol. The van der Waals surface area contributed by atoms with E-state index in [0.29, 0.717) is 29.1 Å². The van der Waals surface area contributed by atoms with E-state index in [-0.39, 0.29) is 6.61 Å². The van der Waals surface area contributed by atoms with Crippen molar-refractivity contribution in [1.82, 2.24) is 10.1 Å². The monoisotopic (exact) mass is 279 g/mol. The molecule has 100 valence electrons. The summed E-state index contributed by atoms with van der Waals surface area (Å²) < 4.78 is 10.8. The lowest BCUT2D eigenvalue weighted by molar-refractivity contribution is 0.241. The SMILES string of the molecule is NCc1cccc(Cl)c1OCc1nc(C2CC2)no1. The third-order valence-electron chi connectivity index (χ3n) is 3.03. The topological polar surface area (TPSA) is 74.2 Å². The molecule has 0 bridgehead atoms. The Morgan fingerprint density at radius 2 is 2.26 bits per heavy atom. The summed E-state index contributed by atoms with van der Waals surface area (Å²) >= 11 is 6.09. The number of rotatable bonds is 5. The number of ether oxygens (including phenoxy) is 1. The number of para-hydroxylation sites is 1. The van der Waals surface area contributed by atoms with Gasteiger partial charge in [0, 0.05) is 18.0 Å². The summed E-state index contributed by atoms with van der Waals surface area (Å²) in [6.45, 7) is 0.573. The van der Waals surface area contributed by atoms with Crippen molar-refractivity contribution >= 4 is 11.6 Å². The van der Waals surface area contributed by atoms with Crippen LogP contribution in [0.4, 0.5) is 0 Å². The molecule has 19 heavy (non-hydrogen) atoms. The van der Waals surface area contributed by atoms with Gasteiger partial charge >= 0.3 is 0 Å². The fourth-order valence-corrected chi connectivity index (χ4v) is 2.09. The molecule has 1 aromatic heterocycles. The Hall–Kier alpha value is -1.59. The Morgan fingerprint density at radius 3 is 3.00 bits per heavy atom. The van der Waals surface area contributed by atoms with Gasteiger partial charge in [0.25, 0.3) is 5.89 Å². The zero-order chi connectivity index (χ0) is 13.2. The fourth-order valence-electron chi connectivity index (χ4n) is 1.84. The van der Waals surface area contributed by atoms with Crippen molar-refractivity contribution < 1.29 is 9.26 Å². The lowest BCUT2D eigenvalue weighted by Gasteiger charge is -2.10. The van der Waals surface area contributed by atoms with Crippen molar-refractivity contribution in [1.29, 1.82) is 0 Å². The number of nitrogens with two attached hydrogens (primary N) is 1. The summed E-state index contributed by atoms with van der Waals surface area (Å²) in [6, 6.07) is 5.49. The Kier molecular flexibility index (Phi) is 3.40. The molecule has 1 heterocycles. The number of halogens is 1. The van der Waals surface area contributed by atoms with Gasteiger partial charge < -0.3 is 15.0 Å². The Balaban J connectivity index is 1.71. The average Bonchev–Trinajstić information content (AvgIpc) is 3.17. The third-order valence-corrected chi connectivity index (χ3v) is 3.33. The molecule has 0 atom stereocenters. The van der Waals surface area contributed by atoms with E-state index in [4.69, 9.17) is 26.6 Å². The second kappa shape index (κ2) is 5.19. The first kappa shape index (κ1) is 12.4. The quantitative estimate of drug-likeness (QED) is 0.911. The van der Waals surface area contributed by atoms with E-state index in [1.807, 2.05) is 12.1 Å². The maximum Gasteiger partial charge on any atom is 0.264 e. The highest BCUT2D eigenvalue weighted by atomic mass is 35.5. The summed E-state index contributed by atoms with van der Waals surface area (Å²) in [4.78, 5) is 4.30. The van der Waals surface area contributed by atoms with E-state index in [1.165, 1.54) is 0 Å². The van der Waals surface area contributed by atoms with Crippen LogP contribution < -0.4 is 10.5 Å². The molecule has 6 heteroatoms. The minimum Gasteiger partial charge on any atom is -0.482 e. The minimum absolute atomic E-state index is 0.205. The Morgan fingerprint density at radius 1 is 1.42 bits per heavy atom. The molecule has 1 aliphatic carbocycles. The molecule has 1 fully saturated rings. The number of hydrogen-bond donors (Lipinski definition) is 1. The molecule has 1 saturated carbocycles. The highest BCUT2D eigenvalue weighted by Gasteiger charge is 2.28. The van der Waals surface area contributed by atoms with Crippen LogP contribution in [0.25, 0.3) is 0 Å². The molecule has 0 spiro atoms. The summed E-state index contributed by atoms with van der Waals surface area (Å²) in [5.41, 5.74) is 6.51. The molecule has 2 aromatic rings. The zero-order valence-electron chi connectivity index (χ0n) is 10.3. The van der Waals surface area contributed by atoms with Gasteiger partial charge in [-0.1, -0.05) is 28.9 Å². The number of nitrogens with zero attached hydrogens (tertiary/aromatic N) is 2. The van der Waals surface area contributed by atoms with Crippen molar-refractivity contribution in [3.63, 3.8) is 0 Å². The predicted octanol–water partition coefficient (Wildman–Crippen LogP) is 2.64. The second-order valence-corrected chi connectivity index (χ2v) is 4.95. The van der Waals surface area contributed by atoms with Crippen molar-refractivity contribution in [3.05, 3.63) is 40.5 Å².